The number of anilines is 1. The van der Waals surface area contributed by atoms with Gasteiger partial charge in [0.2, 0.25) is 5.95 Å². The van der Waals surface area contributed by atoms with Crippen molar-refractivity contribution >= 4 is 11.9 Å². The molecule has 26 heavy (non-hydrogen) atoms. The Bertz CT molecular complexity index is 911. The minimum absolute atomic E-state index is 0.0187. The first kappa shape index (κ1) is 16.2. The molecule has 1 unspecified atom stereocenters. The summed E-state index contributed by atoms with van der Waals surface area (Å²) >= 11 is 0. The second-order valence-electron chi connectivity index (χ2n) is 6.21. The summed E-state index contributed by atoms with van der Waals surface area (Å²) in [4.78, 5) is 27.4. The first-order chi connectivity index (χ1) is 12.7. The van der Waals surface area contributed by atoms with Crippen LogP contribution in [0, 0.1) is 6.92 Å². The van der Waals surface area contributed by atoms with Crippen molar-refractivity contribution in [3.8, 4) is 11.3 Å². The van der Waals surface area contributed by atoms with Gasteiger partial charge in [0, 0.05) is 49.4 Å². The highest BCUT2D eigenvalue weighted by Crippen LogP contribution is 2.21. The van der Waals surface area contributed by atoms with Crippen molar-refractivity contribution in [2.24, 2.45) is 0 Å². The van der Waals surface area contributed by atoms with Crippen LogP contribution in [0.25, 0.3) is 11.3 Å². The third-order valence-electron chi connectivity index (χ3n) is 4.27. The Morgan fingerprint density at radius 2 is 2.27 bits per heavy atom. The van der Waals surface area contributed by atoms with Crippen molar-refractivity contribution < 1.29 is 9.32 Å². The van der Waals surface area contributed by atoms with Crippen LogP contribution >= 0.6 is 0 Å². The number of hydrogen-bond donors (Lipinski definition) is 1. The number of nitrogens with one attached hydrogen (secondary N) is 1. The average Bonchev–Trinajstić information content (AvgIpc) is 3.32. The molecule has 4 rings (SSSR count). The molecule has 1 atom stereocenters. The maximum atomic E-state index is 12.2. The van der Waals surface area contributed by atoms with Crippen LogP contribution in [0.2, 0.25) is 0 Å². The summed E-state index contributed by atoms with van der Waals surface area (Å²) in [5.74, 6) is 1.04. The van der Waals surface area contributed by atoms with E-state index >= 15 is 0 Å². The van der Waals surface area contributed by atoms with Gasteiger partial charge < -0.3 is 14.7 Å². The molecule has 8 nitrogen and oxygen atoms in total. The average molecular weight is 350 g/mol. The number of aryl methyl sites for hydroxylation is 1. The zero-order valence-corrected chi connectivity index (χ0v) is 14.3. The van der Waals surface area contributed by atoms with Crippen LogP contribution in [0.5, 0.6) is 0 Å². The lowest BCUT2D eigenvalue weighted by Crippen LogP contribution is -2.37. The van der Waals surface area contributed by atoms with Crippen molar-refractivity contribution in [1.29, 1.82) is 0 Å². The summed E-state index contributed by atoms with van der Waals surface area (Å²) in [5.41, 5.74) is 2.08. The van der Waals surface area contributed by atoms with Crippen LogP contribution in [0.4, 0.5) is 5.95 Å². The molecule has 1 saturated heterocycles. The number of amides is 1. The maximum absolute atomic E-state index is 12.2. The molecule has 0 aliphatic carbocycles. The predicted octanol–water partition coefficient (Wildman–Crippen LogP) is 1.84. The van der Waals surface area contributed by atoms with Gasteiger partial charge in [-0.25, -0.2) is 9.97 Å². The van der Waals surface area contributed by atoms with Crippen LogP contribution in [0.3, 0.4) is 0 Å². The number of nitrogens with zero attached hydrogens (tertiary/aromatic N) is 5. The predicted molar refractivity (Wildman–Crippen MR) is 94.6 cm³/mol. The van der Waals surface area contributed by atoms with Crippen LogP contribution in [0.1, 0.15) is 22.7 Å². The third kappa shape index (κ3) is 3.39. The number of rotatable bonds is 4. The Kier molecular flexibility index (Phi) is 4.30. The van der Waals surface area contributed by atoms with E-state index in [4.69, 9.17) is 4.52 Å². The molecule has 1 N–H and O–H groups in total. The van der Waals surface area contributed by atoms with E-state index in [9.17, 15) is 4.79 Å². The first-order valence-corrected chi connectivity index (χ1v) is 8.41. The van der Waals surface area contributed by atoms with Gasteiger partial charge in [-0.15, -0.1) is 0 Å². The molecule has 8 heteroatoms. The summed E-state index contributed by atoms with van der Waals surface area (Å²) in [6, 6.07) is 7.35. The van der Waals surface area contributed by atoms with Gasteiger partial charge in [0.15, 0.2) is 5.69 Å². The standard InChI is InChI=1S/C18H18N6O2/c1-12-9-16(23-26-12)17(25)21-14-5-8-24(11-14)18-20-7-4-15(22-18)13-3-2-6-19-10-13/h2-4,6-7,9-10,14H,5,8,11H2,1H3,(H,21,25). The Hall–Kier alpha value is -3.29. The maximum Gasteiger partial charge on any atom is 0.273 e. The van der Waals surface area contributed by atoms with Gasteiger partial charge in [-0.3, -0.25) is 9.78 Å². The molecule has 1 fully saturated rings. The first-order valence-electron chi connectivity index (χ1n) is 8.41. The van der Waals surface area contributed by atoms with Crippen molar-refractivity contribution in [3.63, 3.8) is 0 Å². The molecule has 3 aromatic heterocycles. The molecule has 3 aromatic rings. The molecule has 132 valence electrons. The van der Waals surface area contributed by atoms with Gasteiger partial charge in [0.1, 0.15) is 5.76 Å². The molecule has 0 saturated carbocycles. The molecule has 1 aliphatic heterocycles. The summed E-state index contributed by atoms with van der Waals surface area (Å²) in [6.07, 6.45) is 6.08. The van der Waals surface area contributed by atoms with E-state index < -0.39 is 0 Å². The second kappa shape index (κ2) is 6.91. The van der Waals surface area contributed by atoms with Crippen molar-refractivity contribution in [2.75, 3.05) is 18.0 Å². The SMILES string of the molecule is Cc1cc(C(=O)NC2CCN(c3nccc(-c4cccnc4)n3)C2)no1. The van der Waals surface area contributed by atoms with Crippen LogP contribution in [0.15, 0.2) is 47.4 Å². The minimum atomic E-state index is -0.223. The van der Waals surface area contributed by atoms with Gasteiger partial charge in [-0.1, -0.05) is 5.16 Å². The van der Waals surface area contributed by atoms with Crippen LogP contribution in [-0.2, 0) is 0 Å². The highest BCUT2D eigenvalue weighted by Gasteiger charge is 2.27. The Morgan fingerprint density at radius 3 is 3.04 bits per heavy atom. The van der Waals surface area contributed by atoms with E-state index in [1.807, 2.05) is 18.2 Å². The van der Waals surface area contributed by atoms with Gasteiger partial charge >= 0.3 is 0 Å². The van der Waals surface area contributed by atoms with Crippen molar-refractivity contribution in [2.45, 2.75) is 19.4 Å². The molecule has 0 bridgehead atoms. The normalized spacial score (nSPS) is 16.7. The topological polar surface area (TPSA) is 97.0 Å². The molecule has 0 spiro atoms. The second-order valence-corrected chi connectivity index (χ2v) is 6.21. The lowest BCUT2D eigenvalue weighted by atomic mass is 10.2. The number of carbonyl (C=O) groups is 1. The summed E-state index contributed by atoms with van der Waals surface area (Å²) in [6.45, 7) is 3.19. The fraction of sp³-hybridized carbons (Fsp3) is 0.278. The van der Waals surface area contributed by atoms with E-state index in [0.29, 0.717) is 23.9 Å². The van der Waals surface area contributed by atoms with Gasteiger partial charge in [-0.05, 0) is 31.5 Å². The largest absolute Gasteiger partial charge is 0.361 e. The lowest BCUT2D eigenvalue weighted by Gasteiger charge is -2.17. The number of aromatic nitrogens is 4. The van der Waals surface area contributed by atoms with Crippen LogP contribution in [-0.4, -0.2) is 45.1 Å². The number of pyridine rings is 1. The van der Waals surface area contributed by atoms with Crippen molar-refractivity contribution in [3.05, 3.63) is 54.3 Å². The fourth-order valence-electron chi connectivity index (χ4n) is 2.97. The smallest absolute Gasteiger partial charge is 0.273 e. The monoisotopic (exact) mass is 350 g/mol. The Balaban J connectivity index is 1.43. The third-order valence-corrected chi connectivity index (χ3v) is 4.27. The number of carbonyl (C=O) groups excluding carboxylic acids is 1. The van der Waals surface area contributed by atoms with E-state index in [1.54, 1.807) is 31.6 Å². The fourth-order valence-corrected chi connectivity index (χ4v) is 2.97. The quantitative estimate of drug-likeness (QED) is 0.767. The van der Waals surface area contributed by atoms with Gasteiger partial charge in [0.05, 0.1) is 5.69 Å². The highest BCUT2D eigenvalue weighted by molar-refractivity contribution is 5.92. The zero-order chi connectivity index (χ0) is 17.9. The summed E-state index contributed by atoms with van der Waals surface area (Å²) in [5, 5.41) is 6.73. The molecule has 4 heterocycles. The molecule has 1 aliphatic rings. The molecule has 0 radical (unpaired) electrons. The summed E-state index contributed by atoms with van der Waals surface area (Å²) in [7, 11) is 0. The molecular weight excluding hydrogens is 332 g/mol. The molecular formula is C18H18N6O2. The van der Waals surface area contributed by atoms with E-state index in [1.165, 1.54) is 0 Å². The molecule has 0 aromatic carbocycles. The highest BCUT2D eigenvalue weighted by atomic mass is 16.5. The minimum Gasteiger partial charge on any atom is -0.361 e. The summed E-state index contributed by atoms with van der Waals surface area (Å²) < 4.78 is 4.95. The molecule has 1 amide bonds. The van der Waals surface area contributed by atoms with Gasteiger partial charge in [-0.2, -0.15) is 0 Å². The number of hydrogen-bond acceptors (Lipinski definition) is 7. The van der Waals surface area contributed by atoms with Gasteiger partial charge in [0.25, 0.3) is 5.91 Å². The zero-order valence-electron chi connectivity index (χ0n) is 14.3. The Labute approximate surface area is 150 Å². The lowest BCUT2D eigenvalue weighted by molar-refractivity contribution is 0.0931. The van der Waals surface area contributed by atoms with E-state index in [-0.39, 0.29) is 11.9 Å². The van der Waals surface area contributed by atoms with Crippen LogP contribution < -0.4 is 10.2 Å². The van der Waals surface area contributed by atoms with Crippen molar-refractivity contribution in [1.82, 2.24) is 25.4 Å². The Morgan fingerprint density at radius 1 is 1.35 bits per heavy atom. The van der Waals surface area contributed by atoms with E-state index in [0.717, 1.165) is 24.2 Å². The van der Waals surface area contributed by atoms with E-state index in [2.05, 4.69) is 30.3 Å².